The molecule has 140 valence electrons. The molecule has 0 saturated heterocycles. The molecule has 1 atom stereocenters. The Balaban J connectivity index is 1.63. The van der Waals surface area contributed by atoms with E-state index in [0.717, 1.165) is 0 Å². The highest BCUT2D eigenvalue weighted by Gasteiger charge is 2.32. The average Bonchev–Trinajstić information content (AvgIpc) is 3.42. The van der Waals surface area contributed by atoms with Crippen LogP contribution in [0.4, 0.5) is 0 Å². The number of fused-ring (bicyclic) bond motifs is 1. The Hall–Kier alpha value is -2.78. The summed E-state index contributed by atoms with van der Waals surface area (Å²) in [6.45, 7) is -0.0246. The predicted molar refractivity (Wildman–Crippen MR) is 97.9 cm³/mol. The molecule has 7 nitrogen and oxygen atoms in total. The first kappa shape index (κ1) is 17.6. The molecule has 1 amide bonds. The van der Waals surface area contributed by atoms with Crippen molar-refractivity contribution in [2.24, 2.45) is 0 Å². The fourth-order valence-corrected chi connectivity index (χ4v) is 5.53. The van der Waals surface area contributed by atoms with Gasteiger partial charge in [-0.05, 0) is 35.7 Å². The lowest BCUT2D eigenvalue weighted by Crippen LogP contribution is -2.31. The van der Waals surface area contributed by atoms with Crippen molar-refractivity contribution in [1.29, 1.82) is 0 Å². The van der Waals surface area contributed by atoms with Gasteiger partial charge in [0.25, 0.3) is 5.91 Å². The van der Waals surface area contributed by atoms with Gasteiger partial charge in [-0.1, -0.05) is 6.07 Å². The lowest BCUT2D eigenvalue weighted by atomic mass is 10.3. The van der Waals surface area contributed by atoms with Crippen LogP contribution in [0.5, 0.6) is 11.5 Å². The molecule has 0 radical (unpaired) electrons. The average molecular weight is 405 g/mol. The summed E-state index contributed by atoms with van der Waals surface area (Å²) in [5.41, 5.74) is 0. The molecule has 0 spiro atoms. The maximum Gasteiger partial charge on any atom is 0.287 e. The maximum atomic E-state index is 13.3. The van der Waals surface area contributed by atoms with Crippen LogP contribution in [0.1, 0.15) is 20.7 Å². The summed E-state index contributed by atoms with van der Waals surface area (Å²) in [6, 6.07) is 11.1. The molecule has 1 aromatic carbocycles. The highest BCUT2D eigenvalue weighted by Crippen LogP contribution is 2.38. The quantitative estimate of drug-likeness (QED) is 0.677. The fourth-order valence-electron chi connectivity index (χ4n) is 2.74. The molecule has 2 aromatic heterocycles. The number of benzene rings is 1. The van der Waals surface area contributed by atoms with Crippen molar-refractivity contribution in [3.8, 4) is 11.5 Å². The lowest BCUT2D eigenvalue weighted by Gasteiger charge is -2.17. The third kappa shape index (κ3) is 3.43. The van der Waals surface area contributed by atoms with Gasteiger partial charge in [0.05, 0.1) is 11.2 Å². The second kappa shape index (κ2) is 7.09. The highest BCUT2D eigenvalue weighted by atomic mass is 32.2. The monoisotopic (exact) mass is 405 g/mol. The molecule has 1 N–H and O–H groups in total. The van der Waals surface area contributed by atoms with Crippen LogP contribution in [0.25, 0.3) is 0 Å². The lowest BCUT2D eigenvalue weighted by molar-refractivity contribution is 0.0926. The SMILES string of the molecule is O=C(NC[C@@H](c1cccs1)S(=O)(=O)c1ccc2c(c1)OCO2)c1ccco1. The van der Waals surface area contributed by atoms with Gasteiger partial charge in [0.15, 0.2) is 27.1 Å². The van der Waals surface area contributed by atoms with Gasteiger partial charge in [0.1, 0.15) is 5.25 Å². The van der Waals surface area contributed by atoms with E-state index in [1.165, 1.54) is 35.8 Å². The van der Waals surface area contributed by atoms with Crippen LogP contribution in [-0.4, -0.2) is 27.7 Å². The Bertz CT molecular complexity index is 1040. The number of furan rings is 1. The molecule has 3 heterocycles. The zero-order valence-corrected chi connectivity index (χ0v) is 15.6. The molecule has 1 aliphatic rings. The Morgan fingerprint density at radius 2 is 2.00 bits per heavy atom. The zero-order valence-electron chi connectivity index (χ0n) is 14.0. The second-order valence-corrected chi connectivity index (χ2v) is 8.86. The molecular weight excluding hydrogens is 390 g/mol. The Morgan fingerprint density at radius 1 is 1.15 bits per heavy atom. The van der Waals surface area contributed by atoms with Gasteiger partial charge < -0.3 is 19.2 Å². The standard InChI is InChI=1S/C18H15NO6S2/c20-18(14-3-1-7-23-14)19-10-17(16-4-2-8-26-16)27(21,22)12-5-6-13-15(9-12)25-11-24-13/h1-9,17H,10-11H2,(H,19,20)/t17-/m0/s1. The minimum absolute atomic E-state index is 0.0619. The molecule has 0 unspecified atom stereocenters. The van der Waals surface area contributed by atoms with E-state index >= 15 is 0 Å². The Morgan fingerprint density at radius 3 is 2.74 bits per heavy atom. The summed E-state index contributed by atoms with van der Waals surface area (Å²) in [4.78, 5) is 12.9. The number of thiophene rings is 1. The van der Waals surface area contributed by atoms with E-state index < -0.39 is 21.0 Å². The second-order valence-electron chi connectivity index (χ2n) is 5.75. The minimum atomic E-state index is -3.78. The summed E-state index contributed by atoms with van der Waals surface area (Å²) in [5, 5.41) is 3.50. The van der Waals surface area contributed by atoms with Gasteiger partial charge in [0, 0.05) is 17.5 Å². The van der Waals surface area contributed by atoms with Crippen LogP contribution in [0.15, 0.2) is 63.4 Å². The number of amides is 1. The van der Waals surface area contributed by atoms with Crippen LogP contribution >= 0.6 is 11.3 Å². The number of carbonyl (C=O) groups is 1. The van der Waals surface area contributed by atoms with E-state index in [-0.39, 0.29) is 24.0 Å². The normalized spacial score (nSPS) is 14.1. The number of nitrogens with one attached hydrogen (secondary N) is 1. The van der Waals surface area contributed by atoms with E-state index in [1.54, 1.807) is 29.6 Å². The third-order valence-corrected chi connectivity index (χ3v) is 7.32. The number of hydrogen-bond acceptors (Lipinski definition) is 7. The van der Waals surface area contributed by atoms with Crippen LogP contribution in [0.3, 0.4) is 0 Å². The number of ether oxygens (including phenoxy) is 2. The van der Waals surface area contributed by atoms with Crippen LogP contribution in [0, 0.1) is 0 Å². The van der Waals surface area contributed by atoms with Gasteiger partial charge in [-0.3, -0.25) is 4.79 Å². The van der Waals surface area contributed by atoms with E-state index in [0.29, 0.717) is 16.4 Å². The van der Waals surface area contributed by atoms with Crippen LogP contribution < -0.4 is 14.8 Å². The molecule has 0 fully saturated rings. The van der Waals surface area contributed by atoms with Gasteiger partial charge in [-0.25, -0.2) is 8.42 Å². The van der Waals surface area contributed by atoms with E-state index in [1.807, 2.05) is 0 Å². The molecule has 0 aliphatic carbocycles. The number of rotatable bonds is 6. The van der Waals surface area contributed by atoms with Crippen molar-refractivity contribution >= 4 is 27.1 Å². The molecule has 9 heteroatoms. The van der Waals surface area contributed by atoms with Crippen molar-refractivity contribution in [1.82, 2.24) is 5.32 Å². The zero-order chi connectivity index (χ0) is 18.9. The van der Waals surface area contributed by atoms with Crippen molar-refractivity contribution in [3.05, 3.63) is 64.7 Å². The number of sulfone groups is 1. The first-order valence-electron chi connectivity index (χ1n) is 8.04. The van der Waals surface area contributed by atoms with Gasteiger partial charge in [-0.2, -0.15) is 0 Å². The summed E-state index contributed by atoms with van der Waals surface area (Å²) in [7, 11) is -3.78. The summed E-state index contributed by atoms with van der Waals surface area (Å²) < 4.78 is 42.1. The molecule has 4 rings (SSSR count). The van der Waals surface area contributed by atoms with Crippen molar-refractivity contribution < 1.29 is 27.1 Å². The van der Waals surface area contributed by atoms with Crippen molar-refractivity contribution in [2.75, 3.05) is 13.3 Å². The van der Waals surface area contributed by atoms with Crippen molar-refractivity contribution in [2.45, 2.75) is 10.1 Å². The number of hydrogen-bond donors (Lipinski definition) is 1. The molecule has 27 heavy (non-hydrogen) atoms. The topological polar surface area (TPSA) is 94.8 Å². The fraction of sp³-hybridized carbons (Fsp3) is 0.167. The molecule has 0 bridgehead atoms. The maximum absolute atomic E-state index is 13.3. The van der Waals surface area contributed by atoms with Crippen LogP contribution in [0.2, 0.25) is 0 Å². The predicted octanol–water partition coefficient (Wildman–Crippen LogP) is 3.01. The largest absolute Gasteiger partial charge is 0.459 e. The number of carbonyl (C=O) groups excluding carboxylic acids is 1. The van der Waals surface area contributed by atoms with Gasteiger partial charge in [-0.15, -0.1) is 11.3 Å². The van der Waals surface area contributed by atoms with Gasteiger partial charge >= 0.3 is 0 Å². The first-order chi connectivity index (χ1) is 13.1. The molecular formula is C18H15NO6S2. The smallest absolute Gasteiger partial charge is 0.287 e. The highest BCUT2D eigenvalue weighted by molar-refractivity contribution is 7.91. The summed E-state index contributed by atoms with van der Waals surface area (Å²) >= 11 is 1.32. The van der Waals surface area contributed by atoms with E-state index in [2.05, 4.69) is 5.32 Å². The van der Waals surface area contributed by atoms with E-state index in [4.69, 9.17) is 13.9 Å². The molecule has 0 saturated carbocycles. The Kier molecular flexibility index (Phi) is 4.63. The first-order valence-corrected chi connectivity index (χ1v) is 10.5. The molecule has 1 aliphatic heterocycles. The summed E-state index contributed by atoms with van der Waals surface area (Å²) in [5.74, 6) is 0.552. The van der Waals surface area contributed by atoms with E-state index in [9.17, 15) is 13.2 Å². The Labute approximate surface area is 159 Å². The molecule has 3 aromatic rings. The summed E-state index contributed by atoms with van der Waals surface area (Å²) in [6.07, 6.45) is 1.38. The van der Waals surface area contributed by atoms with Crippen molar-refractivity contribution in [3.63, 3.8) is 0 Å². The minimum Gasteiger partial charge on any atom is -0.459 e. The van der Waals surface area contributed by atoms with Gasteiger partial charge in [0.2, 0.25) is 6.79 Å². The third-order valence-electron chi connectivity index (χ3n) is 4.10. The van der Waals surface area contributed by atoms with Crippen LogP contribution in [-0.2, 0) is 9.84 Å².